The predicted molar refractivity (Wildman–Crippen MR) is 104 cm³/mol. The maximum Gasteiger partial charge on any atom is 0.228 e. The average molecular weight is 349 g/mol. The first-order valence-electron chi connectivity index (χ1n) is 8.07. The van der Waals surface area contributed by atoms with E-state index in [1.54, 1.807) is 12.4 Å². The molecule has 1 N–H and O–H groups in total. The average Bonchev–Trinajstić information content (AvgIpc) is 2.68. The lowest BCUT2D eigenvalue weighted by Gasteiger charge is -2.15. The SMILES string of the molecule is O=C(Nc1ccc(-c2cncnc2)cc1)C(CS)Cc1ccccc1. The van der Waals surface area contributed by atoms with Gasteiger partial charge < -0.3 is 5.32 Å². The molecule has 0 aliphatic rings. The van der Waals surface area contributed by atoms with Gasteiger partial charge in [-0.1, -0.05) is 42.5 Å². The summed E-state index contributed by atoms with van der Waals surface area (Å²) in [5.74, 6) is 0.308. The second-order valence-electron chi connectivity index (χ2n) is 5.76. The van der Waals surface area contributed by atoms with Gasteiger partial charge in [0.25, 0.3) is 0 Å². The first kappa shape index (κ1) is 17.2. The number of nitrogens with zero attached hydrogens (tertiary/aromatic N) is 2. The zero-order valence-electron chi connectivity index (χ0n) is 13.7. The van der Waals surface area contributed by atoms with Crippen molar-refractivity contribution < 1.29 is 4.79 Å². The number of carbonyl (C=O) groups excluding carboxylic acids is 1. The third-order valence-electron chi connectivity index (χ3n) is 3.96. The van der Waals surface area contributed by atoms with Gasteiger partial charge in [-0.2, -0.15) is 12.6 Å². The van der Waals surface area contributed by atoms with Crippen LogP contribution in [0.1, 0.15) is 5.56 Å². The van der Waals surface area contributed by atoms with Gasteiger partial charge in [0.15, 0.2) is 0 Å². The Hall–Kier alpha value is -2.66. The Morgan fingerprint density at radius 1 is 0.960 bits per heavy atom. The van der Waals surface area contributed by atoms with Gasteiger partial charge in [0.05, 0.1) is 5.92 Å². The number of hydrogen-bond donors (Lipinski definition) is 2. The van der Waals surface area contributed by atoms with Crippen molar-refractivity contribution in [2.75, 3.05) is 11.1 Å². The van der Waals surface area contributed by atoms with E-state index in [0.717, 1.165) is 22.4 Å². The Kier molecular flexibility index (Phi) is 5.80. The molecule has 0 bridgehead atoms. The molecule has 25 heavy (non-hydrogen) atoms. The molecule has 126 valence electrons. The van der Waals surface area contributed by atoms with E-state index in [2.05, 4.69) is 27.9 Å². The second-order valence-corrected chi connectivity index (χ2v) is 6.13. The van der Waals surface area contributed by atoms with Crippen LogP contribution in [0.4, 0.5) is 5.69 Å². The molecule has 2 aromatic carbocycles. The molecule has 0 aliphatic carbocycles. The molecule has 1 amide bonds. The number of amides is 1. The molecule has 3 aromatic rings. The van der Waals surface area contributed by atoms with Crippen molar-refractivity contribution in [2.45, 2.75) is 6.42 Å². The number of carbonyl (C=O) groups is 1. The standard InChI is InChI=1S/C20H19N3OS/c24-20(17(13-25)10-15-4-2-1-3-5-15)23-19-8-6-16(7-9-19)18-11-21-14-22-12-18/h1-9,11-12,14,17,25H,10,13H2,(H,23,24). The van der Waals surface area contributed by atoms with Crippen LogP contribution in [0.3, 0.4) is 0 Å². The van der Waals surface area contributed by atoms with Crippen molar-refractivity contribution in [3.05, 3.63) is 78.9 Å². The minimum Gasteiger partial charge on any atom is -0.326 e. The first-order valence-corrected chi connectivity index (χ1v) is 8.70. The molecular formula is C20H19N3OS. The van der Waals surface area contributed by atoms with Crippen molar-refractivity contribution in [3.63, 3.8) is 0 Å². The number of nitrogens with one attached hydrogen (secondary N) is 1. The summed E-state index contributed by atoms with van der Waals surface area (Å²) in [5.41, 5.74) is 3.85. The summed E-state index contributed by atoms with van der Waals surface area (Å²) in [7, 11) is 0. The smallest absolute Gasteiger partial charge is 0.228 e. The minimum atomic E-state index is -0.173. The second kappa shape index (κ2) is 8.44. The van der Waals surface area contributed by atoms with Gasteiger partial charge in [-0.05, 0) is 29.7 Å². The molecule has 1 aromatic heterocycles. The largest absolute Gasteiger partial charge is 0.326 e. The topological polar surface area (TPSA) is 54.9 Å². The van der Waals surface area contributed by atoms with Crippen molar-refractivity contribution in [2.24, 2.45) is 5.92 Å². The number of anilines is 1. The Morgan fingerprint density at radius 3 is 2.28 bits per heavy atom. The summed E-state index contributed by atoms with van der Waals surface area (Å²) >= 11 is 4.34. The first-order chi connectivity index (χ1) is 12.3. The van der Waals surface area contributed by atoms with Crippen LogP contribution in [-0.4, -0.2) is 21.6 Å². The fraction of sp³-hybridized carbons (Fsp3) is 0.150. The normalized spacial score (nSPS) is 11.7. The van der Waals surface area contributed by atoms with Crippen LogP contribution in [0.2, 0.25) is 0 Å². The number of hydrogen-bond acceptors (Lipinski definition) is 4. The van der Waals surface area contributed by atoms with Gasteiger partial charge in [-0.25, -0.2) is 9.97 Å². The van der Waals surface area contributed by atoms with Crippen LogP contribution in [0.25, 0.3) is 11.1 Å². The molecular weight excluding hydrogens is 330 g/mol. The lowest BCUT2D eigenvalue weighted by atomic mass is 10.00. The third-order valence-corrected chi connectivity index (χ3v) is 4.40. The summed E-state index contributed by atoms with van der Waals surface area (Å²) in [6.45, 7) is 0. The molecule has 1 unspecified atom stereocenters. The van der Waals surface area contributed by atoms with Crippen LogP contribution in [0.5, 0.6) is 0 Å². The van der Waals surface area contributed by atoms with Crippen molar-refractivity contribution in [1.82, 2.24) is 9.97 Å². The number of benzene rings is 2. The predicted octanol–water partition coefficient (Wildman–Crippen LogP) is 3.87. The third kappa shape index (κ3) is 4.67. The van der Waals surface area contributed by atoms with E-state index in [1.165, 1.54) is 6.33 Å². The van der Waals surface area contributed by atoms with Crippen molar-refractivity contribution in [3.8, 4) is 11.1 Å². The molecule has 5 heteroatoms. The zero-order chi connectivity index (χ0) is 17.5. The van der Waals surface area contributed by atoms with E-state index in [4.69, 9.17) is 0 Å². The van der Waals surface area contributed by atoms with Gasteiger partial charge in [-0.3, -0.25) is 4.79 Å². The van der Waals surface area contributed by atoms with Gasteiger partial charge in [0, 0.05) is 29.4 Å². The van der Waals surface area contributed by atoms with E-state index in [1.807, 2.05) is 54.6 Å². The maximum atomic E-state index is 12.5. The van der Waals surface area contributed by atoms with Gasteiger partial charge in [-0.15, -0.1) is 0 Å². The number of rotatable bonds is 6. The highest BCUT2D eigenvalue weighted by Gasteiger charge is 2.17. The molecule has 0 radical (unpaired) electrons. The summed E-state index contributed by atoms with van der Waals surface area (Å²) in [4.78, 5) is 20.6. The molecule has 3 rings (SSSR count). The molecule has 1 atom stereocenters. The Balaban J connectivity index is 1.65. The highest BCUT2D eigenvalue weighted by Crippen LogP contribution is 2.20. The summed E-state index contributed by atoms with van der Waals surface area (Å²) in [6.07, 6.45) is 5.70. The molecule has 0 saturated heterocycles. The molecule has 0 aliphatic heterocycles. The fourth-order valence-corrected chi connectivity index (χ4v) is 2.87. The quantitative estimate of drug-likeness (QED) is 0.664. The van der Waals surface area contributed by atoms with Crippen LogP contribution >= 0.6 is 12.6 Å². The van der Waals surface area contributed by atoms with E-state index in [9.17, 15) is 4.79 Å². The van der Waals surface area contributed by atoms with Crippen molar-refractivity contribution in [1.29, 1.82) is 0 Å². The number of aromatic nitrogens is 2. The van der Waals surface area contributed by atoms with Gasteiger partial charge >= 0.3 is 0 Å². The molecule has 0 fully saturated rings. The maximum absolute atomic E-state index is 12.5. The van der Waals surface area contributed by atoms with Crippen LogP contribution in [0.15, 0.2) is 73.3 Å². The van der Waals surface area contributed by atoms with Crippen LogP contribution < -0.4 is 5.32 Å². The van der Waals surface area contributed by atoms with Gasteiger partial charge in [0.1, 0.15) is 6.33 Å². The Labute approximate surface area is 152 Å². The van der Waals surface area contributed by atoms with Gasteiger partial charge in [0.2, 0.25) is 5.91 Å². The van der Waals surface area contributed by atoms with E-state index in [-0.39, 0.29) is 11.8 Å². The summed E-state index contributed by atoms with van der Waals surface area (Å²) in [5, 5.41) is 2.97. The van der Waals surface area contributed by atoms with Crippen molar-refractivity contribution >= 4 is 24.2 Å². The van der Waals surface area contributed by atoms with E-state index in [0.29, 0.717) is 12.2 Å². The lowest BCUT2D eigenvalue weighted by molar-refractivity contribution is -0.119. The van der Waals surface area contributed by atoms with E-state index >= 15 is 0 Å². The monoisotopic (exact) mass is 349 g/mol. The summed E-state index contributed by atoms with van der Waals surface area (Å²) in [6, 6.07) is 17.7. The lowest BCUT2D eigenvalue weighted by Crippen LogP contribution is -2.26. The Morgan fingerprint density at radius 2 is 1.64 bits per heavy atom. The number of thiol groups is 1. The fourth-order valence-electron chi connectivity index (χ4n) is 2.58. The molecule has 4 nitrogen and oxygen atoms in total. The minimum absolute atomic E-state index is 0.0188. The van der Waals surface area contributed by atoms with E-state index < -0.39 is 0 Å². The summed E-state index contributed by atoms with van der Waals surface area (Å²) < 4.78 is 0. The highest BCUT2D eigenvalue weighted by atomic mass is 32.1. The zero-order valence-corrected chi connectivity index (χ0v) is 14.6. The molecule has 1 heterocycles. The van der Waals surface area contributed by atoms with Crippen LogP contribution in [-0.2, 0) is 11.2 Å². The Bertz CT molecular complexity index is 807. The van der Waals surface area contributed by atoms with Crippen LogP contribution in [0, 0.1) is 5.92 Å². The molecule has 0 saturated carbocycles. The highest BCUT2D eigenvalue weighted by molar-refractivity contribution is 7.80. The molecule has 0 spiro atoms.